The van der Waals surface area contributed by atoms with E-state index in [1.807, 2.05) is 25.2 Å². The molecule has 0 spiro atoms. The lowest BCUT2D eigenvalue weighted by Crippen LogP contribution is -2.18. The predicted molar refractivity (Wildman–Crippen MR) is 117 cm³/mol. The van der Waals surface area contributed by atoms with Crippen molar-refractivity contribution >= 4 is 5.97 Å². The average Bonchev–Trinajstić information content (AvgIpc) is 2.99. The minimum atomic E-state index is -4.40. The molecule has 1 aliphatic rings. The van der Waals surface area contributed by atoms with Gasteiger partial charge in [0.1, 0.15) is 5.75 Å². The van der Waals surface area contributed by atoms with Crippen LogP contribution in [0, 0.1) is 23.7 Å². The number of aliphatic carboxylic acids is 1. The number of aliphatic hydroxyl groups is 1. The van der Waals surface area contributed by atoms with Gasteiger partial charge in [0.15, 0.2) is 0 Å². The number of unbranched alkanes of at least 4 members (excludes halogenated alkanes) is 1. The van der Waals surface area contributed by atoms with Crippen molar-refractivity contribution < 1.29 is 32.9 Å². The molecule has 0 amide bonds. The fraction of sp³-hybridized carbons (Fsp3) is 0.560. The van der Waals surface area contributed by atoms with Crippen molar-refractivity contribution in [1.82, 2.24) is 0 Å². The van der Waals surface area contributed by atoms with E-state index in [4.69, 9.17) is 9.84 Å². The molecule has 2 rings (SSSR count). The van der Waals surface area contributed by atoms with E-state index in [2.05, 4.69) is 13.0 Å². The third-order valence-corrected chi connectivity index (χ3v) is 5.93. The summed E-state index contributed by atoms with van der Waals surface area (Å²) in [6, 6.07) is 4.87. The van der Waals surface area contributed by atoms with Crippen LogP contribution in [0.2, 0.25) is 0 Å². The Labute approximate surface area is 187 Å². The zero-order valence-corrected chi connectivity index (χ0v) is 18.6. The Hall–Kier alpha value is -2.28. The molecule has 178 valence electrons. The van der Waals surface area contributed by atoms with Crippen LogP contribution in [0.25, 0.3) is 0 Å². The molecule has 0 saturated heterocycles. The van der Waals surface area contributed by atoms with Gasteiger partial charge in [0, 0.05) is 12.3 Å². The number of alkyl halides is 3. The van der Waals surface area contributed by atoms with Gasteiger partial charge in [-0.15, -0.1) is 0 Å². The third-order valence-electron chi connectivity index (χ3n) is 5.93. The van der Waals surface area contributed by atoms with E-state index >= 15 is 0 Å². The lowest BCUT2D eigenvalue weighted by atomic mass is 9.86. The van der Waals surface area contributed by atoms with Crippen LogP contribution in [0.4, 0.5) is 13.2 Å². The number of halogens is 3. The van der Waals surface area contributed by atoms with Gasteiger partial charge in [-0.05, 0) is 61.6 Å². The van der Waals surface area contributed by atoms with Crippen molar-refractivity contribution in [2.75, 3.05) is 6.61 Å². The molecule has 0 radical (unpaired) electrons. The standard InChI is InChI=1S/C25H33F3O4/c1-17(16-32-20-9-7-8-19(15-20)25(26,27)28)12-13-21-18(2)14-23(29)22(21)10-5-3-4-6-11-24(30)31/h3,5,7-9,12-13,15,17-18,21-23,29H,4,6,10-11,14,16H2,1-2H3,(H,30,31)/b5-3-,13-12+/t17-,18-,21+,22-,23+/m1/s1. The molecule has 1 aliphatic carbocycles. The van der Waals surface area contributed by atoms with E-state index in [-0.39, 0.29) is 42.6 Å². The first-order valence-electron chi connectivity index (χ1n) is 11.1. The average molecular weight is 455 g/mol. The number of aliphatic hydroxyl groups excluding tert-OH is 1. The number of carboxylic acids is 1. The number of hydrogen-bond donors (Lipinski definition) is 2. The summed E-state index contributed by atoms with van der Waals surface area (Å²) in [6.45, 7) is 4.31. The first-order valence-corrected chi connectivity index (χ1v) is 11.1. The highest BCUT2D eigenvalue weighted by Gasteiger charge is 2.37. The molecule has 0 heterocycles. The summed E-state index contributed by atoms with van der Waals surface area (Å²) in [5.74, 6) is 0.00798. The molecule has 1 fully saturated rings. The number of allylic oxidation sites excluding steroid dienone is 3. The van der Waals surface area contributed by atoms with E-state index in [1.165, 1.54) is 12.1 Å². The smallest absolute Gasteiger partial charge is 0.416 e. The Balaban J connectivity index is 1.87. The van der Waals surface area contributed by atoms with Crippen LogP contribution in [-0.4, -0.2) is 28.9 Å². The van der Waals surface area contributed by atoms with Gasteiger partial charge in [0.05, 0.1) is 18.3 Å². The number of carbonyl (C=O) groups is 1. The van der Waals surface area contributed by atoms with Crippen LogP contribution >= 0.6 is 0 Å². The molecule has 2 N–H and O–H groups in total. The van der Waals surface area contributed by atoms with Gasteiger partial charge in [-0.3, -0.25) is 4.79 Å². The Bertz CT molecular complexity index is 788. The molecule has 0 unspecified atom stereocenters. The zero-order chi connectivity index (χ0) is 23.7. The predicted octanol–water partition coefficient (Wildman–Crippen LogP) is 6.11. The number of carboxylic acid groups (broad SMARTS) is 1. The second-order valence-corrected chi connectivity index (χ2v) is 8.71. The molecule has 5 atom stereocenters. The van der Waals surface area contributed by atoms with Gasteiger partial charge >= 0.3 is 12.1 Å². The van der Waals surface area contributed by atoms with Crippen molar-refractivity contribution in [1.29, 1.82) is 0 Å². The van der Waals surface area contributed by atoms with E-state index < -0.39 is 17.7 Å². The Morgan fingerprint density at radius 2 is 2.06 bits per heavy atom. The van der Waals surface area contributed by atoms with Crippen LogP contribution in [0.5, 0.6) is 5.75 Å². The van der Waals surface area contributed by atoms with Crippen LogP contribution < -0.4 is 4.74 Å². The summed E-state index contributed by atoms with van der Waals surface area (Å²) >= 11 is 0. The first-order chi connectivity index (χ1) is 15.1. The highest BCUT2D eigenvalue weighted by molar-refractivity contribution is 5.66. The second-order valence-electron chi connectivity index (χ2n) is 8.71. The van der Waals surface area contributed by atoms with Crippen molar-refractivity contribution in [2.24, 2.45) is 23.7 Å². The van der Waals surface area contributed by atoms with Gasteiger partial charge < -0.3 is 14.9 Å². The highest BCUT2D eigenvalue weighted by Crippen LogP contribution is 2.40. The van der Waals surface area contributed by atoms with Crippen LogP contribution in [0.15, 0.2) is 48.6 Å². The molecule has 0 aliphatic heterocycles. The summed E-state index contributed by atoms with van der Waals surface area (Å²) in [5, 5.41) is 19.1. The van der Waals surface area contributed by atoms with Crippen LogP contribution in [0.3, 0.4) is 0 Å². The molecular formula is C25H33F3O4. The van der Waals surface area contributed by atoms with Crippen molar-refractivity contribution in [3.8, 4) is 5.75 Å². The van der Waals surface area contributed by atoms with Crippen molar-refractivity contribution in [3.05, 3.63) is 54.1 Å². The summed E-state index contributed by atoms with van der Waals surface area (Å²) in [5.41, 5.74) is -0.731. The number of hydrogen-bond acceptors (Lipinski definition) is 3. The molecule has 0 aromatic heterocycles. The molecule has 32 heavy (non-hydrogen) atoms. The monoisotopic (exact) mass is 454 g/mol. The van der Waals surface area contributed by atoms with Crippen LogP contribution in [0.1, 0.15) is 51.5 Å². The fourth-order valence-electron chi connectivity index (χ4n) is 4.14. The van der Waals surface area contributed by atoms with E-state index in [0.29, 0.717) is 18.8 Å². The van der Waals surface area contributed by atoms with E-state index in [0.717, 1.165) is 25.0 Å². The van der Waals surface area contributed by atoms with Gasteiger partial charge in [0.2, 0.25) is 0 Å². The Morgan fingerprint density at radius 3 is 2.75 bits per heavy atom. The largest absolute Gasteiger partial charge is 0.493 e. The highest BCUT2D eigenvalue weighted by atomic mass is 19.4. The Morgan fingerprint density at radius 1 is 1.31 bits per heavy atom. The molecule has 1 saturated carbocycles. The maximum Gasteiger partial charge on any atom is 0.416 e. The Kier molecular flexibility index (Phi) is 9.82. The van der Waals surface area contributed by atoms with E-state index in [9.17, 15) is 23.1 Å². The minimum absolute atomic E-state index is 0.00157. The zero-order valence-electron chi connectivity index (χ0n) is 18.6. The quantitative estimate of drug-likeness (QED) is 0.313. The normalized spacial score (nSPS) is 24.9. The van der Waals surface area contributed by atoms with Gasteiger partial charge in [-0.1, -0.05) is 44.2 Å². The molecule has 1 aromatic carbocycles. The SMILES string of the molecule is C[C@H](/C=C/[C@@H]1[C@@H](C/C=C\CCCC(=O)O)[C@@H](O)C[C@H]1C)COc1cccc(C(F)(F)F)c1. The summed E-state index contributed by atoms with van der Waals surface area (Å²) in [4.78, 5) is 10.6. The summed E-state index contributed by atoms with van der Waals surface area (Å²) in [7, 11) is 0. The molecule has 4 nitrogen and oxygen atoms in total. The van der Waals surface area contributed by atoms with Crippen LogP contribution in [-0.2, 0) is 11.0 Å². The summed E-state index contributed by atoms with van der Waals surface area (Å²) < 4.78 is 44.1. The molecular weight excluding hydrogens is 421 g/mol. The number of rotatable bonds is 11. The first kappa shape index (κ1) is 26.0. The minimum Gasteiger partial charge on any atom is -0.493 e. The maximum absolute atomic E-state index is 12.8. The van der Waals surface area contributed by atoms with Gasteiger partial charge in [-0.2, -0.15) is 13.2 Å². The van der Waals surface area contributed by atoms with Crippen molar-refractivity contribution in [2.45, 2.75) is 58.2 Å². The number of ether oxygens (including phenoxy) is 1. The van der Waals surface area contributed by atoms with Gasteiger partial charge in [-0.25, -0.2) is 0 Å². The molecule has 0 bridgehead atoms. The lowest BCUT2D eigenvalue weighted by molar-refractivity contribution is -0.138. The molecule has 7 heteroatoms. The second kappa shape index (κ2) is 12.1. The van der Waals surface area contributed by atoms with Crippen molar-refractivity contribution in [3.63, 3.8) is 0 Å². The third kappa shape index (κ3) is 8.34. The maximum atomic E-state index is 12.8. The van der Waals surface area contributed by atoms with Gasteiger partial charge in [0.25, 0.3) is 0 Å². The topological polar surface area (TPSA) is 66.8 Å². The molecule has 1 aromatic rings. The number of benzene rings is 1. The summed E-state index contributed by atoms with van der Waals surface area (Å²) in [6.07, 6.45) is 6.23. The van der Waals surface area contributed by atoms with E-state index in [1.54, 1.807) is 0 Å². The fourth-order valence-corrected chi connectivity index (χ4v) is 4.14. The lowest BCUT2D eigenvalue weighted by Gasteiger charge is -2.20.